The Morgan fingerprint density at radius 2 is 2.24 bits per heavy atom. The first-order chi connectivity index (χ1) is 8.13. The lowest BCUT2D eigenvalue weighted by Gasteiger charge is -2.09. The van der Waals surface area contributed by atoms with Gasteiger partial charge in [-0.25, -0.2) is 0 Å². The van der Waals surface area contributed by atoms with Gasteiger partial charge in [0.25, 0.3) is 0 Å². The summed E-state index contributed by atoms with van der Waals surface area (Å²) in [6.07, 6.45) is 2.69. The monoisotopic (exact) mass is 255 g/mol. The van der Waals surface area contributed by atoms with Gasteiger partial charge in [0.15, 0.2) is 0 Å². The number of hydrogen-bond donors (Lipinski definition) is 1. The van der Waals surface area contributed by atoms with E-state index in [1.165, 1.54) is 5.56 Å². The van der Waals surface area contributed by atoms with E-state index in [1.807, 2.05) is 25.1 Å². The molecule has 0 amide bonds. The Morgan fingerprint density at radius 3 is 2.88 bits per heavy atom. The van der Waals surface area contributed by atoms with Gasteiger partial charge in [0, 0.05) is 28.9 Å². The molecule has 0 saturated carbocycles. The quantitative estimate of drug-likeness (QED) is 0.757. The molecule has 96 valence electrons. The topological polar surface area (TPSA) is 38.3 Å². The molecule has 2 unspecified atom stereocenters. The highest BCUT2D eigenvalue weighted by Crippen LogP contribution is 2.12. The van der Waals surface area contributed by atoms with E-state index in [9.17, 15) is 4.21 Å². The van der Waals surface area contributed by atoms with Gasteiger partial charge in [-0.3, -0.25) is 4.21 Å². The van der Waals surface area contributed by atoms with Crippen molar-refractivity contribution in [2.45, 2.75) is 25.1 Å². The SMILES string of the molecule is COc1cccc(CNCCC(C)S(C)=O)c1. The van der Waals surface area contributed by atoms with Crippen molar-refractivity contribution < 1.29 is 8.95 Å². The van der Waals surface area contributed by atoms with E-state index in [2.05, 4.69) is 11.4 Å². The van der Waals surface area contributed by atoms with Crippen molar-refractivity contribution in [3.63, 3.8) is 0 Å². The van der Waals surface area contributed by atoms with Crippen LogP contribution in [-0.2, 0) is 17.3 Å². The zero-order chi connectivity index (χ0) is 12.7. The fourth-order valence-electron chi connectivity index (χ4n) is 1.49. The number of benzene rings is 1. The fraction of sp³-hybridized carbons (Fsp3) is 0.538. The van der Waals surface area contributed by atoms with Gasteiger partial charge in [-0.15, -0.1) is 0 Å². The van der Waals surface area contributed by atoms with Gasteiger partial charge >= 0.3 is 0 Å². The van der Waals surface area contributed by atoms with E-state index in [1.54, 1.807) is 13.4 Å². The summed E-state index contributed by atoms with van der Waals surface area (Å²) in [5.74, 6) is 0.882. The zero-order valence-corrected chi connectivity index (χ0v) is 11.5. The van der Waals surface area contributed by atoms with Crippen LogP contribution in [0.5, 0.6) is 5.75 Å². The van der Waals surface area contributed by atoms with Crippen LogP contribution in [0.2, 0.25) is 0 Å². The van der Waals surface area contributed by atoms with Crippen molar-refractivity contribution in [3.05, 3.63) is 29.8 Å². The summed E-state index contributed by atoms with van der Waals surface area (Å²) in [6, 6.07) is 8.01. The second-order valence-corrected chi connectivity index (χ2v) is 5.93. The Bertz CT molecular complexity index is 368. The third-order valence-electron chi connectivity index (χ3n) is 2.76. The Balaban J connectivity index is 2.28. The van der Waals surface area contributed by atoms with Crippen LogP contribution in [0.3, 0.4) is 0 Å². The summed E-state index contributed by atoms with van der Waals surface area (Å²) < 4.78 is 16.3. The normalized spacial score (nSPS) is 14.3. The molecule has 0 bridgehead atoms. The van der Waals surface area contributed by atoms with E-state index < -0.39 is 10.8 Å². The smallest absolute Gasteiger partial charge is 0.119 e. The summed E-state index contributed by atoms with van der Waals surface area (Å²) in [5.41, 5.74) is 1.20. The van der Waals surface area contributed by atoms with Gasteiger partial charge < -0.3 is 10.1 Å². The molecule has 4 heteroatoms. The van der Waals surface area contributed by atoms with Gasteiger partial charge in [-0.05, 0) is 30.7 Å². The van der Waals surface area contributed by atoms with Gasteiger partial charge in [-0.1, -0.05) is 19.1 Å². The van der Waals surface area contributed by atoms with Crippen LogP contribution in [0.1, 0.15) is 18.9 Å². The molecule has 0 aliphatic rings. The highest BCUT2D eigenvalue weighted by atomic mass is 32.2. The summed E-state index contributed by atoms with van der Waals surface area (Å²) in [5, 5.41) is 3.61. The van der Waals surface area contributed by atoms with Crippen molar-refractivity contribution in [1.29, 1.82) is 0 Å². The number of rotatable bonds is 7. The average Bonchev–Trinajstić information content (AvgIpc) is 2.34. The van der Waals surface area contributed by atoms with Crippen molar-refractivity contribution in [2.75, 3.05) is 19.9 Å². The minimum Gasteiger partial charge on any atom is -0.497 e. The van der Waals surface area contributed by atoms with Crippen LogP contribution in [0.25, 0.3) is 0 Å². The molecule has 0 aromatic heterocycles. The summed E-state index contributed by atoms with van der Waals surface area (Å²) in [4.78, 5) is 0. The van der Waals surface area contributed by atoms with E-state index in [4.69, 9.17) is 4.74 Å². The molecule has 0 fully saturated rings. The maximum absolute atomic E-state index is 11.2. The lowest BCUT2D eigenvalue weighted by atomic mass is 10.2. The third-order valence-corrected chi connectivity index (χ3v) is 4.13. The first-order valence-corrected chi connectivity index (χ1v) is 7.41. The number of nitrogens with one attached hydrogen (secondary N) is 1. The molecule has 0 saturated heterocycles. The molecular formula is C13H21NO2S. The highest BCUT2D eigenvalue weighted by molar-refractivity contribution is 7.84. The predicted molar refractivity (Wildman–Crippen MR) is 72.8 cm³/mol. The van der Waals surface area contributed by atoms with Gasteiger partial charge in [0.05, 0.1) is 7.11 Å². The molecular weight excluding hydrogens is 234 g/mol. The summed E-state index contributed by atoms with van der Waals surface area (Å²) in [7, 11) is 0.948. The fourth-order valence-corrected chi connectivity index (χ4v) is 1.94. The van der Waals surface area contributed by atoms with Gasteiger partial charge in [-0.2, -0.15) is 0 Å². The maximum atomic E-state index is 11.2. The molecule has 0 aliphatic carbocycles. The maximum Gasteiger partial charge on any atom is 0.119 e. The second-order valence-electron chi connectivity index (χ2n) is 4.13. The number of methoxy groups -OCH3 is 1. The first kappa shape index (κ1) is 14.2. The Morgan fingerprint density at radius 1 is 1.47 bits per heavy atom. The van der Waals surface area contributed by atoms with Crippen LogP contribution in [0.4, 0.5) is 0 Å². The van der Waals surface area contributed by atoms with E-state index in [0.717, 1.165) is 25.3 Å². The van der Waals surface area contributed by atoms with E-state index in [0.29, 0.717) is 0 Å². The molecule has 3 nitrogen and oxygen atoms in total. The van der Waals surface area contributed by atoms with Gasteiger partial charge in [0.2, 0.25) is 0 Å². The zero-order valence-electron chi connectivity index (χ0n) is 10.7. The van der Waals surface area contributed by atoms with Crippen LogP contribution in [0.15, 0.2) is 24.3 Å². The molecule has 17 heavy (non-hydrogen) atoms. The van der Waals surface area contributed by atoms with Crippen molar-refractivity contribution in [2.24, 2.45) is 0 Å². The molecule has 1 aromatic carbocycles. The van der Waals surface area contributed by atoms with Crippen molar-refractivity contribution >= 4 is 10.8 Å². The number of hydrogen-bond acceptors (Lipinski definition) is 3. The van der Waals surface area contributed by atoms with Crippen LogP contribution in [-0.4, -0.2) is 29.4 Å². The van der Waals surface area contributed by atoms with Crippen LogP contribution in [0, 0.1) is 0 Å². The molecule has 1 N–H and O–H groups in total. The lowest BCUT2D eigenvalue weighted by Crippen LogP contribution is -2.20. The highest BCUT2D eigenvalue weighted by Gasteiger charge is 2.04. The van der Waals surface area contributed by atoms with Crippen LogP contribution < -0.4 is 10.1 Å². The van der Waals surface area contributed by atoms with Crippen molar-refractivity contribution in [1.82, 2.24) is 5.32 Å². The Labute approximate surface area is 106 Å². The lowest BCUT2D eigenvalue weighted by molar-refractivity contribution is 0.414. The molecule has 0 heterocycles. The molecule has 0 radical (unpaired) electrons. The van der Waals surface area contributed by atoms with E-state index >= 15 is 0 Å². The third kappa shape index (κ3) is 5.33. The van der Waals surface area contributed by atoms with Gasteiger partial charge in [0.1, 0.15) is 5.75 Å². The molecule has 1 rings (SSSR count). The number of ether oxygens (including phenoxy) is 1. The minimum atomic E-state index is -0.723. The van der Waals surface area contributed by atoms with E-state index in [-0.39, 0.29) is 5.25 Å². The predicted octanol–water partition coefficient (Wildman–Crippen LogP) is 1.94. The molecule has 0 spiro atoms. The first-order valence-electron chi connectivity index (χ1n) is 5.79. The Hall–Kier alpha value is -0.870. The van der Waals surface area contributed by atoms with Crippen molar-refractivity contribution in [3.8, 4) is 5.75 Å². The summed E-state index contributed by atoms with van der Waals surface area (Å²) >= 11 is 0. The minimum absolute atomic E-state index is 0.257. The molecule has 2 atom stereocenters. The average molecular weight is 255 g/mol. The summed E-state index contributed by atoms with van der Waals surface area (Å²) in [6.45, 7) is 3.72. The standard InChI is InChI=1S/C13H21NO2S/c1-11(17(3)15)7-8-14-10-12-5-4-6-13(9-12)16-2/h4-6,9,11,14H,7-8,10H2,1-3H3. The molecule has 1 aromatic rings. The Kier molecular flexibility index (Phi) is 6.22. The second kappa shape index (κ2) is 7.45. The van der Waals surface area contributed by atoms with Crippen LogP contribution >= 0.6 is 0 Å². The largest absolute Gasteiger partial charge is 0.497 e. The molecule has 0 aliphatic heterocycles.